The summed E-state index contributed by atoms with van der Waals surface area (Å²) in [5.74, 6) is -0.175. The molecule has 1 aromatic carbocycles. The van der Waals surface area contributed by atoms with Gasteiger partial charge in [-0.05, 0) is 37.6 Å². The standard InChI is InChI=1S/C19H19N7O/c1-12-8-16(17-13(2)24-25(3)18(17)22-12)19(27)23-15-6-4-14(5-7-15)9-26-11-20-10-21-26/h4-8,10-11H,9H2,1-3H3,(H,23,27). The number of aryl methyl sites for hydroxylation is 3. The summed E-state index contributed by atoms with van der Waals surface area (Å²) in [4.78, 5) is 21.3. The highest BCUT2D eigenvalue weighted by atomic mass is 16.1. The number of carbonyl (C=O) groups excluding carboxylic acids is 1. The third kappa shape index (κ3) is 3.29. The van der Waals surface area contributed by atoms with Gasteiger partial charge in [0, 0.05) is 18.4 Å². The van der Waals surface area contributed by atoms with Gasteiger partial charge in [0.15, 0.2) is 5.65 Å². The summed E-state index contributed by atoms with van der Waals surface area (Å²) in [6.45, 7) is 4.39. The molecule has 8 heteroatoms. The highest BCUT2D eigenvalue weighted by molar-refractivity contribution is 6.12. The van der Waals surface area contributed by atoms with Gasteiger partial charge in [0.2, 0.25) is 0 Å². The lowest BCUT2D eigenvalue weighted by Gasteiger charge is -2.09. The van der Waals surface area contributed by atoms with E-state index < -0.39 is 0 Å². The van der Waals surface area contributed by atoms with E-state index in [9.17, 15) is 4.79 Å². The maximum absolute atomic E-state index is 12.9. The fourth-order valence-corrected chi connectivity index (χ4v) is 3.14. The van der Waals surface area contributed by atoms with Gasteiger partial charge in [0.05, 0.1) is 23.2 Å². The van der Waals surface area contributed by atoms with E-state index >= 15 is 0 Å². The Balaban J connectivity index is 1.58. The van der Waals surface area contributed by atoms with Gasteiger partial charge in [0.1, 0.15) is 12.7 Å². The molecule has 1 N–H and O–H groups in total. The summed E-state index contributed by atoms with van der Waals surface area (Å²) < 4.78 is 3.45. The molecular weight excluding hydrogens is 342 g/mol. The minimum Gasteiger partial charge on any atom is -0.322 e. The van der Waals surface area contributed by atoms with Crippen molar-refractivity contribution in [2.24, 2.45) is 7.05 Å². The van der Waals surface area contributed by atoms with Crippen LogP contribution < -0.4 is 5.32 Å². The van der Waals surface area contributed by atoms with E-state index in [-0.39, 0.29) is 5.91 Å². The molecule has 0 aliphatic rings. The van der Waals surface area contributed by atoms with Crippen molar-refractivity contribution >= 4 is 22.6 Å². The lowest BCUT2D eigenvalue weighted by atomic mass is 10.1. The zero-order chi connectivity index (χ0) is 19.0. The first-order valence-corrected chi connectivity index (χ1v) is 8.55. The molecular formula is C19H19N7O. The van der Waals surface area contributed by atoms with Crippen LogP contribution in [0.5, 0.6) is 0 Å². The molecule has 0 saturated carbocycles. The molecule has 3 heterocycles. The van der Waals surface area contributed by atoms with Crippen molar-refractivity contribution in [1.82, 2.24) is 29.5 Å². The van der Waals surface area contributed by atoms with Crippen LogP contribution >= 0.6 is 0 Å². The molecule has 0 radical (unpaired) electrons. The van der Waals surface area contributed by atoms with Crippen LogP contribution in [0.25, 0.3) is 11.0 Å². The Labute approximate surface area is 155 Å². The lowest BCUT2D eigenvalue weighted by Crippen LogP contribution is -2.13. The predicted molar refractivity (Wildman–Crippen MR) is 102 cm³/mol. The molecule has 1 amide bonds. The molecule has 8 nitrogen and oxygen atoms in total. The van der Waals surface area contributed by atoms with E-state index in [1.165, 1.54) is 6.33 Å². The van der Waals surface area contributed by atoms with E-state index in [1.54, 1.807) is 21.8 Å². The van der Waals surface area contributed by atoms with Crippen LogP contribution in [0.15, 0.2) is 43.0 Å². The number of carbonyl (C=O) groups is 1. The summed E-state index contributed by atoms with van der Waals surface area (Å²) >= 11 is 0. The molecule has 0 aliphatic heterocycles. The Kier molecular flexibility index (Phi) is 4.15. The number of amides is 1. The zero-order valence-corrected chi connectivity index (χ0v) is 15.3. The number of rotatable bonds is 4. The summed E-state index contributed by atoms with van der Waals surface area (Å²) in [7, 11) is 1.83. The number of benzene rings is 1. The normalized spacial score (nSPS) is 11.1. The Bertz CT molecular complexity index is 1110. The average molecular weight is 361 g/mol. The number of anilines is 1. The quantitative estimate of drug-likeness (QED) is 0.603. The first kappa shape index (κ1) is 16.9. The Morgan fingerprint density at radius 3 is 2.67 bits per heavy atom. The van der Waals surface area contributed by atoms with Crippen LogP contribution in [-0.4, -0.2) is 35.4 Å². The van der Waals surface area contributed by atoms with E-state index in [4.69, 9.17) is 0 Å². The summed E-state index contributed by atoms with van der Waals surface area (Å²) in [6, 6.07) is 9.47. The second-order valence-electron chi connectivity index (χ2n) is 6.46. The lowest BCUT2D eigenvalue weighted by molar-refractivity contribution is 0.102. The third-order valence-corrected chi connectivity index (χ3v) is 4.36. The predicted octanol–water partition coefficient (Wildman–Crippen LogP) is 2.48. The molecule has 4 rings (SSSR count). The topological polar surface area (TPSA) is 90.5 Å². The maximum Gasteiger partial charge on any atom is 0.256 e. The van der Waals surface area contributed by atoms with Gasteiger partial charge in [-0.3, -0.25) is 9.48 Å². The van der Waals surface area contributed by atoms with Crippen molar-refractivity contribution < 1.29 is 4.79 Å². The van der Waals surface area contributed by atoms with Gasteiger partial charge in [-0.1, -0.05) is 12.1 Å². The van der Waals surface area contributed by atoms with Gasteiger partial charge in [-0.25, -0.2) is 14.6 Å². The Hall–Kier alpha value is -3.55. The summed E-state index contributed by atoms with van der Waals surface area (Å²) in [6.07, 6.45) is 3.18. The molecule has 0 saturated heterocycles. The number of nitrogens with zero attached hydrogens (tertiary/aromatic N) is 6. The molecule has 0 fully saturated rings. The van der Waals surface area contributed by atoms with Crippen molar-refractivity contribution in [2.75, 3.05) is 5.32 Å². The maximum atomic E-state index is 12.9. The van der Waals surface area contributed by atoms with Gasteiger partial charge < -0.3 is 5.32 Å². The zero-order valence-electron chi connectivity index (χ0n) is 15.3. The molecule has 0 unspecified atom stereocenters. The average Bonchev–Trinajstić information content (AvgIpc) is 3.24. The smallest absolute Gasteiger partial charge is 0.256 e. The number of nitrogens with one attached hydrogen (secondary N) is 1. The second kappa shape index (κ2) is 6.64. The van der Waals surface area contributed by atoms with E-state index in [0.29, 0.717) is 17.8 Å². The molecule has 136 valence electrons. The highest BCUT2D eigenvalue weighted by Crippen LogP contribution is 2.23. The number of hydrogen-bond donors (Lipinski definition) is 1. The molecule has 0 aliphatic carbocycles. The van der Waals surface area contributed by atoms with Gasteiger partial charge in [0.25, 0.3) is 5.91 Å². The minimum atomic E-state index is -0.175. The number of pyridine rings is 1. The third-order valence-electron chi connectivity index (χ3n) is 4.36. The molecule has 27 heavy (non-hydrogen) atoms. The van der Waals surface area contributed by atoms with Crippen LogP contribution in [0.3, 0.4) is 0 Å². The van der Waals surface area contributed by atoms with Crippen LogP contribution in [0.1, 0.15) is 27.3 Å². The molecule has 0 bridgehead atoms. The van der Waals surface area contributed by atoms with Crippen molar-refractivity contribution in [2.45, 2.75) is 20.4 Å². The molecule has 3 aromatic heterocycles. The van der Waals surface area contributed by atoms with Crippen LogP contribution in [0, 0.1) is 13.8 Å². The van der Waals surface area contributed by atoms with Gasteiger partial charge in [-0.2, -0.15) is 10.2 Å². The van der Waals surface area contributed by atoms with Crippen LogP contribution in [0.4, 0.5) is 5.69 Å². The Morgan fingerprint density at radius 2 is 1.96 bits per heavy atom. The SMILES string of the molecule is Cc1cc(C(=O)Nc2ccc(Cn3cncn3)cc2)c2c(C)nn(C)c2n1. The van der Waals surface area contributed by atoms with Crippen molar-refractivity contribution in [3.63, 3.8) is 0 Å². The fraction of sp³-hybridized carbons (Fsp3) is 0.211. The Morgan fingerprint density at radius 1 is 1.19 bits per heavy atom. The number of hydrogen-bond acceptors (Lipinski definition) is 5. The largest absolute Gasteiger partial charge is 0.322 e. The van der Waals surface area contributed by atoms with E-state index in [0.717, 1.165) is 28.0 Å². The number of fused-ring (bicyclic) bond motifs is 1. The van der Waals surface area contributed by atoms with Crippen LogP contribution in [0.2, 0.25) is 0 Å². The summed E-state index contributed by atoms with van der Waals surface area (Å²) in [5, 5.41) is 12.2. The molecule has 4 aromatic rings. The molecule has 0 spiro atoms. The van der Waals surface area contributed by atoms with E-state index in [1.807, 2.05) is 45.2 Å². The minimum absolute atomic E-state index is 0.175. The first-order chi connectivity index (χ1) is 13.0. The van der Waals surface area contributed by atoms with Crippen molar-refractivity contribution in [3.8, 4) is 0 Å². The monoisotopic (exact) mass is 361 g/mol. The number of aromatic nitrogens is 6. The summed E-state index contributed by atoms with van der Waals surface area (Å²) in [5.41, 5.74) is 4.65. The fourth-order valence-electron chi connectivity index (χ4n) is 3.14. The van der Waals surface area contributed by atoms with E-state index in [2.05, 4.69) is 25.5 Å². The van der Waals surface area contributed by atoms with Crippen molar-refractivity contribution in [3.05, 3.63) is 65.5 Å². The van der Waals surface area contributed by atoms with Gasteiger partial charge in [-0.15, -0.1) is 0 Å². The van der Waals surface area contributed by atoms with Gasteiger partial charge >= 0.3 is 0 Å². The van der Waals surface area contributed by atoms with Crippen LogP contribution in [-0.2, 0) is 13.6 Å². The highest BCUT2D eigenvalue weighted by Gasteiger charge is 2.17. The second-order valence-corrected chi connectivity index (χ2v) is 6.46. The molecule has 0 atom stereocenters. The first-order valence-electron chi connectivity index (χ1n) is 8.55. The van der Waals surface area contributed by atoms with Crippen molar-refractivity contribution in [1.29, 1.82) is 0 Å².